The Labute approximate surface area is 248 Å². The Bertz CT molecular complexity index is 1200. The summed E-state index contributed by atoms with van der Waals surface area (Å²) in [5.74, 6) is -0.600. The number of carbonyl (C=O) groups is 5. The fourth-order valence-corrected chi connectivity index (χ4v) is 6.92. The highest BCUT2D eigenvalue weighted by molar-refractivity contribution is 5.99. The molecule has 4 heterocycles. The van der Waals surface area contributed by atoms with Crippen LogP contribution >= 0.6 is 0 Å². The van der Waals surface area contributed by atoms with E-state index in [1.54, 1.807) is 14.7 Å². The molecule has 4 aliphatic heterocycles. The Hall–Kier alpha value is -3.47. The summed E-state index contributed by atoms with van der Waals surface area (Å²) in [5.41, 5.74) is 1.74. The van der Waals surface area contributed by atoms with Crippen molar-refractivity contribution in [3.05, 3.63) is 29.8 Å². The van der Waals surface area contributed by atoms with Gasteiger partial charge in [0.25, 0.3) is 5.91 Å². The fourth-order valence-electron chi connectivity index (χ4n) is 6.92. The van der Waals surface area contributed by atoms with Gasteiger partial charge in [-0.3, -0.25) is 24.0 Å². The van der Waals surface area contributed by atoms with Crippen molar-refractivity contribution in [3.63, 3.8) is 0 Å². The molecule has 0 saturated carbocycles. The van der Waals surface area contributed by atoms with E-state index in [0.29, 0.717) is 44.5 Å². The van der Waals surface area contributed by atoms with Crippen molar-refractivity contribution in [1.82, 2.24) is 24.9 Å². The summed E-state index contributed by atoms with van der Waals surface area (Å²) in [6.45, 7) is 8.91. The first-order valence-electron chi connectivity index (χ1n) is 15.4. The zero-order chi connectivity index (χ0) is 30.0. The van der Waals surface area contributed by atoms with Crippen LogP contribution in [0.3, 0.4) is 0 Å². The van der Waals surface area contributed by atoms with Gasteiger partial charge >= 0.3 is 0 Å². The van der Waals surface area contributed by atoms with E-state index in [4.69, 9.17) is 0 Å². The highest BCUT2D eigenvalue weighted by Crippen LogP contribution is 2.33. The Balaban J connectivity index is 1.07. The van der Waals surface area contributed by atoms with Crippen LogP contribution in [-0.4, -0.2) is 127 Å². The average Bonchev–Trinajstić information content (AvgIpc) is 3.70. The zero-order valence-corrected chi connectivity index (χ0v) is 25.1. The largest absolute Gasteiger partial charge is 0.369 e. The minimum atomic E-state index is -0.602. The number of nitrogens with zero attached hydrogens (tertiary/aromatic N) is 5. The highest BCUT2D eigenvalue weighted by Gasteiger charge is 2.53. The van der Waals surface area contributed by atoms with Gasteiger partial charge in [-0.1, -0.05) is 6.92 Å². The molecule has 4 aliphatic rings. The molecule has 0 bridgehead atoms. The number of rotatable bonds is 8. The van der Waals surface area contributed by atoms with Gasteiger partial charge in [0, 0.05) is 70.4 Å². The van der Waals surface area contributed by atoms with Crippen LogP contribution in [0.5, 0.6) is 0 Å². The van der Waals surface area contributed by atoms with Gasteiger partial charge in [-0.25, -0.2) is 0 Å². The van der Waals surface area contributed by atoms with Gasteiger partial charge < -0.3 is 29.8 Å². The third kappa shape index (κ3) is 6.30. The van der Waals surface area contributed by atoms with E-state index in [-0.39, 0.29) is 54.3 Å². The number of carbonyl (C=O) groups excluding carboxylic acids is 5. The number of hydrogen-bond acceptors (Lipinski definition) is 7. The van der Waals surface area contributed by atoms with Crippen LogP contribution in [0.4, 0.5) is 5.69 Å². The molecule has 228 valence electrons. The molecule has 1 aromatic rings. The second-order valence-electron chi connectivity index (χ2n) is 12.4. The normalized spacial score (nSPS) is 25.1. The lowest BCUT2D eigenvalue weighted by Gasteiger charge is -2.34. The van der Waals surface area contributed by atoms with Crippen LogP contribution in [0.1, 0.15) is 56.3 Å². The molecule has 11 heteroatoms. The SMILES string of the molecule is CC(=O)N1CCCC1C(=O)N1CC(=O)C2C1CCN2C(=O)CC(C)CCNC(=O)c1ccc(N2CCN(C)CC2)cc1. The lowest BCUT2D eigenvalue weighted by atomic mass is 10.0. The molecular formula is C31H44N6O5. The average molecular weight is 581 g/mol. The first-order chi connectivity index (χ1) is 20.1. The molecular weight excluding hydrogens is 536 g/mol. The van der Waals surface area contributed by atoms with Gasteiger partial charge in [-0.2, -0.15) is 0 Å². The fraction of sp³-hybridized carbons (Fsp3) is 0.645. The molecule has 4 atom stereocenters. The zero-order valence-electron chi connectivity index (χ0n) is 25.1. The Morgan fingerprint density at radius 3 is 2.33 bits per heavy atom. The number of likely N-dealkylation sites (tertiary alicyclic amines) is 3. The highest BCUT2D eigenvalue weighted by atomic mass is 16.2. The van der Waals surface area contributed by atoms with E-state index in [0.717, 1.165) is 38.3 Å². The summed E-state index contributed by atoms with van der Waals surface area (Å²) in [6, 6.07) is 6.28. The van der Waals surface area contributed by atoms with Crippen molar-refractivity contribution in [2.45, 2.75) is 64.1 Å². The van der Waals surface area contributed by atoms with Gasteiger partial charge in [0.15, 0.2) is 5.78 Å². The molecule has 5 rings (SSSR count). The number of benzene rings is 1. The maximum Gasteiger partial charge on any atom is 0.251 e. The summed E-state index contributed by atoms with van der Waals surface area (Å²) in [6.07, 6.45) is 2.87. The Kier molecular flexibility index (Phi) is 9.15. The van der Waals surface area contributed by atoms with Crippen molar-refractivity contribution in [1.29, 1.82) is 0 Å². The third-order valence-electron chi connectivity index (χ3n) is 9.41. The van der Waals surface area contributed by atoms with Gasteiger partial charge in [0.2, 0.25) is 17.7 Å². The predicted octanol–water partition coefficient (Wildman–Crippen LogP) is 0.976. The molecule has 1 aromatic carbocycles. The number of anilines is 1. The van der Waals surface area contributed by atoms with Crippen LogP contribution in [0.2, 0.25) is 0 Å². The van der Waals surface area contributed by atoms with E-state index in [9.17, 15) is 24.0 Å². The number of nitrogens with one attached hydrogen (secondary N) is 1. The number of likely N-dealkylation sites (N-methyl/N-ethyl adjacent to an activating group) is 1. The van der Waals surface area contributed by atoms with Crippen molar-refractivity contribution < 1.29 is 24.0 Å². The van der Waals surface area contributed by atoms with Crippen LogP contribution < -0.4 is 10.2 Å². The molecule has 0 radical (unpaired) electrons. The molecule has 1 N–H and O–H groups in total. The summed E-state index contributed by atoms with van der Waals surface area (Å²) in [5, 5.41) is 2.97. The van der Waals surface area contributed by atoms with Gasteiger partial charge in [-0.15, -0.1) is 0 Å². The number of Topliss-reactive ketones (excluding diaryl/α,β-unsaturated/α-hetero) is 1. The molecule has 42 heavy (non-hydrogen) atoms. The first-order valence-corrected chi connectivity index (χ1v) is 15.4. The smallest absolute Gasteiger partial charge is 0.251 e. The standard InChI is InChI=1S/C31H44N6O5/c1-21(10-12-32-30(41)23-6-8-24(9-7-23)34-17-15-33(3)16-18-34)19-28(40)36-14-11-25-29(36)27(39)20-37(25)31(42)26-5-4-13-35(26)22(2)38/h6-9,21,25-26,29H,4-5,10-20H2,1-3H3,(H,32,41). The van der Waals surface area contributed by atoms with Gasteiger partial charge in [0.1, 0.15) is 12.1 Å². The summed E-state index contributed by atoms with van der Waals surface area (Å²) >= 11 is 0. The monoisotopic (exact) mass is 580 g/mol. The van der Waals surface area contributed by atoms with E-state index in [1.807, 2.05) is 31.2 Å². The van der Waals surface area contributed by atoms with Crippen molar-refractivity contribution >= 4 is 35.1 Å². The molecule has 0 spiro atoms. The summed E-state index contributed by atoms with van der Waals surface area (Å²) in [4.78, 5) is 73.7. The second kappa shape index (κ2) is 12.8. The van der Waals surface area contributed by atoms with E-state index < -0.39 is 12.1 Å². The van der Waals surface area contributed by atoms with Crippen LogP contribution in [0.25, 0.3) is 0 Å². The second-order valence-corrected chi connectivity index (χ2v) is 12.4. The summed E-state index contributed by atoms with van der Waals surface area (Å²) < 4.78 is 0. The number of fused-ring (bicyclic) bond motifs is 1. The minimum Gasteiger partial charge on any atom is -0.369 e. The number of amides is 4. The van der Waals surface area contributed by atoms with Crippen molar-refractivity contribution in [3.8, 4) is 0 Å². The number of hydrogen-bond donors (Lipinski definition) is 1. The first kappa shape index (κ1) is 30.0. The number of piperazine rings is 1. The van der Waals surface area contributed by atoms with Gasteiger partial charge in [0.05, 0.1) is 12.6 Å². The lowest BCUT2D eigenvalue weighted by molar-refractivity contribution is -0.143. The van der Waals surface area contributed by atoms with Crippen LogP contribution in [-0.2, 0) is 19.2 Å². The lowest BCUT2D eigenvalue weighted by Crippen LogP contribution is -2.50. The molecule has 0 aliphatic carbocycles. The maximum absolute atomic E-state index is 13.3. The van der Waals surface area contributed by atoms with E-state index >= 15 is 0 Å². The predicted molar refractivity (Wildman–Crippen MR) is 158 cm³/mol. The summed E-state index contributed by atoms with van der Waals surface area (Å²) in [7, 11) is 2.12. The molecule has 4 amide bonds. The third-order valence-corrected chi connectivity index (χ3v) is 9.41. The van der Waals surface area contributed by atoms with Crippen LogP contribution in [0, 0.1) is 5.92 Å². The van der Waals surface area contributed by atoms with Crippen LogP contribution in [0.15, 0.2) is 24.3 Å². The van der Waals surface area contributed by atoms with E-state index in [2.05, 4.69) is 22.2 Å². The number of ketones is 1. The van der Waals surface area contributed by atoms with Crippen molar-refractivity contribution in [2.24, 2.45) is 5.92 Å². The van der Waals surface area contributed by atoms with Gasteiger partial charge in [-0.05, 0) is 62.9 Å². The molecule has 4 fully saturated rings. The Morgan fingerprint density at radius 1 is 0.929 bits per heavy atom. The topological polar surface area (TPSA) is 114 Å². The molecule has 11 nitrogen and oxygen atoms in total. The maximum atomic E-state index is 13.3. The molecule has 4 unspecified atom stereocenters. The quantitative estimate of drug-likeness (QED) is 0.488. The Morgan fingerprint density at radius 2 is 1.64 bits per heavy atom. The molecule has 4 saturated heterocycles. The van der Waals surface area contributed by atoms with Crippen molar-refractivity contribution in [2.75, 3.05) is 64.3 Å². The minimum absolute atomic E-state index is 0.00185. The van der Waals surface area contributed by atoms with E-state index in [1.165, 1.54) is 6.92 Å². The molecule has 0 aromatic heterocycles.